The Labute approximate surface area is 295 Å². The van der Waals surface area contributed by atoms with Gasteiger partial charge >= 0.3 is 0 Å². The third-order valence-electron chi connectivity index (χ3n) is 8.67. The van der Waals surface area contributed by atoms with Crippen LogP contribution in [0.25, 0.3) is 39.1 Å². The Morgan fingerprint density at radius 3 is 2.52 bits per heavy atom. The summed E-state index contributed by atoms with van der Waals surface area (Å²) >= 11 is 1.91. The zero-order valence-electron chi connectivity index (χ0n) is 28.4. The maximum absolute atomic E-state index is 12.6. The molecule has 5 aromatic rings. The van der Waals surface area contributed by atoms with Crippen LogP contribution in [0.5, 0.6) is 5.88 Å². The van der Waals surface area contributed by atoms with Crippen LogP contribution in [0.15, 0.2) is 66.9 Å². The molecule has 0 saturated carbocycles. The summed E-state index contributed by atoms with van der Waals surface area (Å²) < 4.78 is 5.54. The summed E-state index contributed by atoms with van der Waals surface area (Å²) in [4.78, 5) is 35.9. The molecule has 2 amide bonds. The third-order valence-corrected chi connectivity index (χ3v) is 9.72. The van der Waals surface area contributed by atoms with Gasteiger partial charge in [0.25, 0.3) is 0 Å². The molecule has 50 heavy (non-hydrogen) atoms. The third kappa shape index (κ3) is 8.50. The SMILES string of the molecule is CC(C)Oc1ccc(-c2n[nH]c3ccc(NC=O)cc23)cn1.CS[C@H]1CCN(CC(=O)N2CC=C(c3ccc(-c4nc(N)n[nH]4)cc3)CC2)C1. The number of pyridine rings is 1. The van der Waals surface area contributed by atoms with Gasteiger partial charge in [0.1, 0.15) is 5.69 Å². The summed E-state index contributed by atoms with van der Waals surface area (Å²) in [6.45, 7) is 8.01. The minimum Gasteiger partial charge on any atom is -0.475 e. The van der Waals surface area contributed by atoms with Gasteiger partial charge in [-0.3, -0.25) is 24.7 Å². The topological polar surface area (TPSA) is 171 Å². The van der Waals surface area contributed by atoms with E-state index in [1.807, 2.05) is 73.0 Å². The fourth-order valence-corrected chi connectivity index (χ4v) is 6.75. The molecule has 14 heteroatoms. The number of nitrogen functional groups attached to an aromatic ring is 1. The maximum Gasteiger partial charge on any atom is 0.239 e. The lowest BCUT2D eigenvalue weighted by atomic mass is 9.98. The number of hydrogen-bond donors (Lipinski definition) is 4. The molecule has 1 saturated heterocycles. The van der Waals surface area contributed by atoms with Crippen molar-refractivity contribution >= 4 is 52.2 Å². The van der Waals surface area contributed by atoms with Crippen LogP contribution in [0.2, 0.25) is 0 Å². The first-order valence-corrected chi connectivity index (χ1v) is 17.9. The Hall–Kier alpha value is -5.21. The molecule has 0 aliphatic carbocycles. The van der Waals surface area contributed by atoms with E-state index in [-0.39, 0.29) is 18.0 Å². The van der Waals surface area contributed by atoms with Crippen molar-refractivity contribution in [3.05, 3.63) is 72.4 Å². The first-order chi connectivity index (χ1) is 24.3. The summed E-state index contributed by atoms with van der Waals surface area (Å²) in [7, 11) is 0. The van der Waals surface area contributed by atoms with Crippen LogP contribution in [0.1, 0.15) is 32.3 Å². The molecule has 1 fully saturated rings. The van der Waals surface area contributed by atoms with E-state index in [0.29, 0.717) is 36.5 Å². The van der Waals surface area contributed by atoms with Crippen molar-refractivity contribution in [2.24, 2.45) is 0 Å². The first kappa shape index (κ1) is 34.6. The number of benzene rings is 2. The van der Waals surface area contributed by atoms with E-state index in [2.05, 4.69) is 65.0 Å². The van der Waals surface area contributed by atoms with E-state index in [0.717, 1.165) is 59.5 Å². The average Bonchev–Trinajstić information content (AvgIpc) is 3.89. The molecule has 260 valence electrons. The molecule has 5 heterocycles. The quantitative estimate of drug-likeness (QED) is 0.144. The van der Waals surface area contributed by atoms with Gasteiger partial charge < -0.3 is 20.7 Å². The van der Waals surface area contributed by atoms with Crippen LogP contribution in [0, 0.1) is 0 Å². The number of likely N-dealkylation sites (tertiary alicyclic amines) is 1. The molecule has 0 unspecified atom stereocenters. The van der Waals surface area contributed by atoms with Gasteiger partial charge in [-0.05, 0) is 74.9 Å². The van der Waals surface area contributed by atoms with Crippen LogP contribution in [0.3, 0.4) is 0 Å². The van der Waals surface area contributed by atoms with E-state index >= 15 is 0 Å². The molecule has 0 spiro atoms. The first-order valence-electron chi connectivity index (χ1n) is 16.6. The Kier molecular flexibility index (Phi) is 11.1. The number of nitrogens with two attached hydrogens (primary N) is 1. The number of fused-ring (bicyclic) bond motifs is 1. The van der Waals surface area contributed by atoms with Gasteiger partial charge in [-0.15, -0.1) is 5.10 Å². The van der Waals surface area contributed by atoms with Crippen LogP contribution < -0.4 is 15.8 Å². The number of thioether (sulfide) groups is 1. The van der Waals surface area contributed by atoms with E-state index in [1.54, 1.807) is 6.20 Å². The Morgan fingerprint density at radius 2 is 1.88 bits per heavy atom. The highest BCUT2D eigenvalue weighted by molar-refractivity contribution is 7.99. The second-order valence-electron chi connectivity index (χ2n) is 12.5. The van der Waals surface area contributed by atoms with Gasteiger partial charge in [-0.25, -0.2) is 4.98 Å². The molecule has 2 aliphatic heterocycles. The average molecular weight is 695 g/mol. The molecule has 0 radical (unpaired) electrons. The smallest absolute Gasteiger partial charge is 0.239 e. The van der Waals surface area contributed by atoms with Crippen LogP contribution in [-0.4, -0.2) is 103 Å². The summed E-state index contributed by atoms with van der Waals surface area (Å²) in [5, 5.41) is 18.2. The van der Waals surface area contributed by atoms with Crippen molar-refractivity contribution in [3.63, 3.8) is 0 Å². The van der Waals surface area contributed by atoms with E-state index in [4.69, 9.17) is 10.5 Å². The van der Waals surface area contributed by atoms with E-state index in [9.17, 15) is 9.59 Å². The van der Waals surface area contributed by atoms with Crippen molar-refractivity contribution in [3.8, 4) is 28.5 Å². The van der Waals surface area contributed by atoms with Crippen molar-refractivity contribution in [1.82, 2.24) is 40.2 Å². The number of hydrogen-bond acceptors (Lipinski definition) is 10. The Morgan fingerprint density at radius 1 is 1.08 bits per heavy atom. The summed E-state index contributed by atoms with van der Waals surface area (Å²) in [5.74, 6) is 1.75. The van der Waals surface area contributed by atoms with Crippen molar-refractivity contribution in [1.29, 1.82) is 0 Å². The minimum atomic E-state index is 0.0848. The highest BCUT2D eigenvalue weighted by atomic mass is 32.2. The largest absolute Gasteiger partial charge is 0.475 e. The van der Waals surface area contributed by atoms with Gasteiger partial charge in [0, 0.05) is 59.3 Å². The molecule has 2 aliphatic rings. The molecule has 0 bridgehead atoms. The van der Waals surface area contributed by atoms with Crippen molar-refractivity contribution in [2.75, 3.05) is 50.0 Å². The number of carbonyl (C=O) groups excluding carboxylic acids is 2. The van der Waals surface area contributed by atoms with Gasteiger partial charge in [0.2, 0.25) is 24.1 Å². The highest BCUT2D eigenvalue weighted by Gasteiger charge is 2.26. The molecule has 1 atom stereocenters. The number of amides is 2. The predicted molar refractivity (Wildman–Crippen MR) is 199 cm³/mol. The fourth-order valence-electron chi connectivity index (χ4n) is 6.05. The number of nitrogens with zero attached hydrogens (tertiary/aromatic N) is 6. The zero-order valence-corrected chi connectivity index (χ0v) is 29.2. The lowest BCUT2D eigenvalue weighted by molar-refractivity contribution is -0.131. The number of aromatic amines is 2. The fraction of sp³-hybridized carbons (Fsp3) is 0.333. The molecule has 2 aromatic carbocycles. The number of anilines is 2. The molecular weight excluding hydrogens is 653 g/mol. The monoisotopic (exact) mass is 694 g/mol. The summed E-state index contributed by atoms with van der Waals surface area (Å²) in [6, 6.07) is 17.5. The highest BCUT2D eigenvalue weighted by Crippen LogP contribution is 2.29. The van der Waals surface area contributed by atoms with Gasteiger partial charge in [-0.1, -0.05) is 30.3 Å². The lowest BCUT2D eigenvalue weighted by Gasteiger charge is -2.28. The number of rotatable bonds is 10. The van der Waals surface area contributed by atoms with Crippen LogP contribution in [0.4, 0.5) is 11.6 Å². The second-order valence-corrected chi connectivity index (χ2v) is 13.6. The molecule has 7 rings (SSSR count). The molecule has 13 nitrogen and oxygen atoms in total. The minimum absolute atomic E-state index is 0.0848. The Balaban J connectivity index is 0.000000178. The molecule has 3 aromatic heterocycles. The number of ether oxygens (including phenoxy) is 1. The van der Waals surface area contributed by atoms with Gasteiger partial charge in [0.15, 0.2) is 5.82 Å². The van der Waals surface area contributed by atoms with E-state index in [1.165, 1.54) is 17.6 Å². The van der Waals surface area contributed by atoms with Gasteiger partial charge in [0.05, 0.1) is 18.2 Å². The van der Waals surface area contributed by atoms with E-state index < -0.39 is 0 Å². The van der Waals surface area contributed by atoms with Gasteiger partial charge in [-0.2, -0.15) is 21.8 Å². The second kappa shape index (κ2) is 16.0. The zero-order chi connectivity index (χ0) is 35.0. The van der Waals surface area contributed by atoms with Crippen molar-refractivity contribution < 1.29 is 14.3 Å². The summed E-state index contributed by atoms with van der Waals surface area (Å²) in [6.07, 6.45) is 8.87. The number of H-pyrrole nitrogens is 2. The van der Waals surface area contributed by atoms with Crippen LogP contribution >= 0.6 is 11.8 Å². The molecule has 5 N–H and O–H groups in total. The van der Waals surface area contributed by atoms with Crippen LogP contribution in [-0.2, 0) is 9.59 Å². The normalized spacial score (nSPS) is 16.2. The number of aromatic nitrogens is 6. The standard InChI is InChI=1S/C20H26N6OS.C16H16N4O2/c1-28-17-8-9-25(12-17)13-18(27)26-10-6-15(7-11-26)14-2-4-16(5-3-14)19-22-20(21)24-23-19;1-10(2)22-15-6-3-11(8-17-15)16-13-7-12(18-9-21)4-5-14(13)19-20-16/h2-6,17H,7-13H2,1H3,(H3,21,22,23,24);3-10H,1-2H3,(H,18,21)(H,19,20)/t17-;/m0./s1. The number of nitrogens with one attached hydrogen (secondary N) is 3. The Bertz CT molecular complexity index is 1940. The molecular formula is C36H42N10O3S. The van der Waals surface area contributed by atoms with Crippen molar-refractivity contribution in [2.45, 2.75) is 38.0 Å². The number of carbonyl (C=O) groups is 2. The lowest BCUT2D eigenvalue weighted by Crippen LogP contribution is -2.41. The maximum atomic E-state index is 12.6. The predicted octanol–water partition coefficient (Wildman–Crippen LogP) is 5.09. The summed E-state index contributed by atoms with van der Waals surface area (Å²) in [5.41, 5.74) is 12.3.